The van der Waals surface area contributed by atoms with E-state index in [1.165, 1.54) is 4.90 Å². The number of amides is 1. The van der Waals surface area contributed by atoms with E-state index >= 15 is 0 Å². The smallest absolute Gasteiger partial charge is 0.411 e. The van der Waals surface area contributed by atoms with Gasteiger partial charge in [0.2, 0.25) is 0 Å². The number of carboxylic acids is 1. The van der Waals surface area contributed by atoms with Gasteiger partial charge < -0.3 is 9.84 Å². The van der Waals surface area contributed by atoms with Gasteiger partial charge in [-0.2, -0.15) is 0 Å². The largest absolute Gasteiger partial charge is 0.479 e. The molecule has 2 atom stereocenters. The number of likely N-dealkylation sites (tertiary alicyclic amines) is 1. The van der Waals surface area contributed by atoms with Gasteiger partial charge >= 0.3 is 12.1 Å². The fourth-order valence-electron chi connectivity index (χ4n) is 2.03. The maximum absolute atomic E-state index is 12.0. The predicted octanol–water partition coefficient (Wildman–Crippen LogP) is 2.11. The second kappa shape index (κ2) is 4.20. The molecule has 1 amide bonds. The Morgan fingerprint density at radius 1 is 1.41 bits per heavy atom. The number of carbonyl (C=O) groups is 2. The zero-order valence-electron chi connectivity index (χ0n) is 11.1. The first-order valence-corrected chi connectivity index (χ1v) is 5.83. The molecular weight excluding hydrogens is 222 g/mol. The number of aliphatic carboxylic acids is 1. The molecule has 1 aliphatic rings. The summed E-state index contributed by atoms with van der Waals surface area (Å²) in [5, 5.41) is 9.31. The number of ether oxygens (including phenoxy) is 1. The molecular formula is C12H21NO4. The molecule has 0 bridgehead atoms. The van der Waals surface area contributed by atoms with Crippen molar-refractivity contribution in [3.8, 4) is 0 Å². The summed E-state index contributed by atoms with van der Waals surface area (Å²) in [6, 6.07) is 0. The van der Waals surface area contributed by atoms with Gasteiger partial charge in [0.1, 0.15) is 11.1 Å². The predicted molar refractivity (Wildman–Crippen MR) is 62.8 cm³/mol. The molecule has 0 aromatic carbocycles. The molecule has 0 aliphatic carbocycles. The number of hydrogen-bond acceptors (Lipinski definition) is 3. The van der Waals surface area contributed by atoms with Gasteiger partial charge in [0.05, 0.1) is 0 Å². The van der Waals surface area contributed by atoms with Crippen molar-refractivity contribution in [2.24, 2.45) is 5.92 Å². The van der Waals surface area contributed by atoms with Gasteiger partial charge in [-0.25, -0.2) is 9.59 Å². The highest BCUT2D eigenvalue weighted by Gasteiger charge is 2.52. The summed E-state index contributed by atoms with van der Waals surface area (Å²) in [5.74, 6) is -1.05. The normalized spacial score (nSPS) is 29.2. The molecule has 2 unspecified atom stereocenters. The molecule has 1 N–H and O–H groups in total. The van der Waals surface area contributed by atoms with Crippen molar-refractivity contribution in [3.63, 3.8) is 0 Å². The van der Waals surface area contributed by atoms with E-state index in [0.29, 0.717) is 13.0 Å². The number of nitrogens with zero attached hydrogens (tertiary/aromatic N) is 1. The van der Waals surface area contributed by atoms with Crippen LogP contribution in [0.2, 0.25) is 0 Å². The molecule has 1 aliphatic heterocycles. The molecule has 1 rings (SSSR count). The summed E-state index contributed by atoms with van der Waals surface area (Å²) in [4.78, 5) is 24.7. The topological polar surface area (TPSA) is 66.8 Å². The van der Waals surface area contributed by atoms with E-state index < -0.39 is 23.2 Å². The minimum absolute atomic E-state index is 0.0764. The van der Waals surface area contributed by atoms with Crippen LogP contribution in [-0.4, -0.2) is 39.8 Å². The van der Waals surface area contributed by atoms with Crippen molar-refractivity contribution in [2.75, 3.05) is 6.54 Å². The lowest BCUT2D eigenvalue weighted by Gasteiger charge is -2.35. The Hall–Kier alpha value is -1.26. The van der Waals surface area contributed by atoms with Gasteiger partial charge in [-0.3, -0.25) is 4.90 Å². The summed E-state index contributed by atoms with van der Waals surface area (Å²) < 4.78 is 5.24. The molecule has 5 heteroatoms. The first-order chi connectivity index (χ1) is 7.59. The van der Waals surface area contributed by atoms with Crippen molar-refractivity contribution in [1.82, 2.24) is 4.90 Å². The summed E-state index contributed by atoms with van der Waals surface area (Å²) in [6.45, 7) is 9.15. The van der Waals surface area contributed by atoms with Gasteiger partial charge in [0.25, 0.3) is 0 Å². The minimum atomic E-state index is -1.16. The number of carboxylic acid groups (broad SMARTS) is 1. The molecule has 0 aromatic rings. The molecule has 0 spiro atoms. The van der Waals surface area contributed by atoms with Crippen LogP contribution in [0.3, 0.4) is 0 Å². The monoisotopic (exact) mass is 243 g/mol. The van der Waals surface area contributed by atoms with Crippen molar-refractivity contribution < 1.29 is 19.4 Å². The van der Waals surface area contributed by atoms with Crippen molar-refractivity contribution >= 4 is 12.1 Å². The third kappa shape index (κ3) is 2.53. The van der Waals surface area contributed by atoms with Crippen LogP contribution in [0.4, 0.5) is 4.79 Å². The van der Waals surface area contributed by atoms with Crippen LogP contribution in [0.1, 0.15) is 41.0 Å². The molecule has 0 radical (unpaired) electrons. The average Bonchev–Trinajstić information content (AvgIpc) is 2.42. The van der Waals surface area contributed by atoms with Crippen molar-refractivity contribution in [3.05, 3.63) is 0 Å². The second-order valence-electron chi connectivity index (χ2n) is 5.77. The lowest BCUT2D eigenvalue weighted by molar-refractivity contribution is -0.150. The summed E-state index contributed by atoms with van der Waals surface area (Å²) >= 11 is 0. The molecule has 5 nitrogen and oxygen atoms in total. The Morgan fingerprint density at radius 2 is 1.94 bits per heavy atom. The Kier molecular flexibility index (Phi) is 3.41. The van der Waals surface area contributed by atoms with Crippen LogP contribution in [0.25, 0.3) is 0 Å². The van der Waals surface area contributed by atoms with Gasteiger partial charge in [0.15, 0.2) is 0 Å². The van der Waals surface area contributed by atoms with Crippen LogP contribution in [0, 0.1) is 5.92 Å². The zero-order valence-corrected chi connectivity index (χ0v) is 11.1. The van der Waals surface area contributed by atoms with Crippen molar-refractivity contribution in [1.29, 1.82) is 0 Å². The fourth-order valence-corrected chi connectivity index (χ4v) is 2.03. The highest BCUT2D eigenvalue weighted by atomic mass is 16.6. The lowest BCUT2D eigenvalue weighted by Crippen LogP contribution is -2.54. The minimum Gasteiger partial charge on any atom is -0.479 e. The third-order valence-corrected chi connectivity index (χ3v) is 3.35. The molecule has 0 aromatic heterocycles. The highest BCUT2D eigenvalue weighted by Crippen LogP contribution is 2.35. The Morgan fingerprint density at radius 3 is 2.35 bits per heavy atom. The third-order valence-electron chi connectivity index (χ3n) is 3.35. The molecule has 0 saturated carbocycles. The summed E-state index contributed by atoms with van der Waals surface area (Å²) in [6.07, 6.45) is 0.133. The first-order valence-electron chi connectivity index (χ1n) is 5.83. The van der Waals surface area contributed by atoms with Crippen LogP contribution in [-0.2, 0) is 9.53 Å². The fraction of sp³-hybridized carbons (Fsp3) is 0.833. The Bertz CT molecular complexity index is 334. The van der Waals surface area contributed by atoms with Gasteiger partial charge in [-0.05, 0) is 40.0 Å². The van der Waals surface area contributed by atoms with E-state index in [1.54, 1.807) is 27.7 Å². The van der Waals surface area contributed by atoms with Crippen LogP contribution < -0.4 is 0 Å². The molecule has 98 valence electrons. The van der Waals surface area contributed by atoms with E-state index in [0.717, 1.165) is 0 Å². The molecule has 17 heavy (non-hydrogen) atoms. The first kappa shape index (κ1) is 13.8. The van der Waals surface area contributed by atoms with E-state index in [1.807, 2.05) is 6.92 Å². The molecule has 1 saturated heterocycles. The van der Waals surface area contributed by atoms with Crippen LogP contribution in [0.15, 0.2) is 0 Å². The van der Waals surface area contributed by atoms with E-state index in [9.17, 15) is 14.7 Å². The lowest BCUT2D eigenvalue weighted by atomic mass is 9.88. The van der Waals surface area contributed by atoms with Crippen LogP contribution >= 0.6 is 0 Å². The number of rotatable bonds is 1. The Balaban J connectivity index is 2.91. The van der Waals surface area contributed by atoms with Gasteiger partial charge in [-0.1, -0.05) is 6.92 Å². The maximum atomic E-state index is 12.0. The SMILES string of the molecule is CC1CCN(C(=O)OC(C)(C)C)C1(C)C(=O)O. The quantitative estimate of drug-likeness (QED) is 0.766. The van der Waals surface area contributed by atoms with Gasteiger partial charge in [-0.15, -0.1) is 0 Å². The highest BCUT2D eigenvalue weighted by molar-refractivity contribution is 5.85. The number of carbonyl (C=O) groups excluding carboxylic acids is 1. The average molecular weight is 243 g/mol. The molecule has 1 heterocycles. The van der Waals surface area contributed by atoms with E-state index in [-0.39, 0.29) is 5.92 Å². The second-order valence-corrected chi connectivity index (χ2v) is 5.77. The van der Waals surface area contributed by atoms with Crippen LogP contribution in [0.5, 0.6) is 0 Å². The van der Waals surface area contributed by atoms with Gasteiger partial charge in [0, 0.05) is 6.54 Å². The molecule has 1 fully saturated rings. The summed E-state index contributed by atoms with van der Waals surface area (Å²) in [7, 11) is 0. The maximum Gasteiger partial charge on any atom is 0.411 e. The van der Waals surface area contributed by atoms with E-state index in [4.69, 9.17) is 4.74 Å². The van der Waals surface area contributed by atoms with E-state index in [2.05, 4.69) is 0 Å². The zero-order chi connectivity index (χ0) is 13.4. The van der Waals surface area contributed by atoms with Crippen molar-refractivity contribution in [2.45, 2.75) is 52.2 Å². The number of hydrogen-bond donors (Lipinski definition) is 1. The Labute approximate surface area is 102 Å². The standard InChI is InChI=1S/C12H21NO4/c1-8-6-7-13(12(8,5)9(14)15)10(16)17-11(2,3)4/h8H,6-7H2,1-5H3,(H,14,15). The summed E-state index contributed by atoms with van der Waals surface area (Å²) in [5.41, 5.74) is -1.77.